The van der Waals surface area contributed by atoms with Crippen LogP contribution in [0.5, 0.6) is 11.5 Å². The Bertz CT molecular complexity index is 1130. The largest absolute Gasteiger partial charge is 0.462 e. The van der Waals surface area contributed by atoms with E-state index in [0.717, 1.165) is 35.4 Å². The lowest BCUT2D eigenvalue weighted by atomic mass is 9.75. The summed E-state index contributed by atoms with van der Waals surface area (Å²) in [5.41, 5.74) is 4.70. The fraction of sp³-hybridized carbons (Fsp3) is 0.308. The van der Waals surface area contributed by atoms with Crippen molar-refractivity contribution in [3.8, 4) is 11.5 Å². The van der Waals surface area contributed by atoms with E-state index < -0.39 is 11.9 Å². The first kappa shape index (κ1) is 20.4. The predicted molar refractivity (Wildman–Crippen MR) is 118 cm³/mol. The second kappa shape index (κ2) is 8.54. The zero-order chi connectivity index (χ0) is 22.1. The number of dihydropyridines is 1. The monoisotopic (exact) mass is 431 g/mol. The summed E-state index contributed by atoms with van der Waals surface area (Å²) in [4.78, 5) is 26.3. The third kappa shape index (κ3) is 3.77. The smallest absolute Gasteiger partial charge is 0.336 e. The molecule has 1 N–H and O–H groups in total. The van der Waals surface area contributed by atoms with Gasteiger partial charge in [0.1, 0.15) is 0 Å². The molecule has 0 radical (unpaired) electrons. The highest BCUT2D eigenvalue weighted by Gasteiger charge is 2.39. The van der Waals surface area contributed by atoms with Gasteiger partial charge in [-0.15, -0.1) is 0 Å². The Kier molecular flexibility index (Phi) is 5.43. The number of rotatable bonds is 5. The van der Waals surface area contributed by atoms with Crippen LogP contribution < -0.4 is 14.8 Å². The van der Waals surface area contributed by atoms with Crippen LogP contribution in [0, 0.1) is 0 Å². The molecule has 2 aromatic rings. The highest BCUT2D eigenvalue weighted by atomic mass is 16.7. The van der Waals surface area contributed by atoms with Gasteiger partial charge in [-0.05, 0) is 43.0 Å². The summed E-state index contributed by atoms with van der Waals surface area (Å²) in [6.07, 6.45) is 2.71. The Morgan fingerprint density at radius 1 is 1.09 bits per heavy atom. The van der Waals surface area contributed by atoms with Crippen LogP contribution in [0.15, 0.2) is 71.1 Å². The highest BCUT2D eigenvalue weighted by molar-refractivity contribution is 6.03. The number of fused-ring (bicyclic) bond motifs is 1. The van der Waals surface area contributed by atoms with E-state index in [9.17, 15) is 9.59 Å². The third-order valence-electron chi connectivity index (χ3n) is 6.19. The second-order valence-electron chi connectivity index (χ2n) is 8.25. The van der Waals surface area contributed by atoms with E-state index >= 15 is 0 Å². The molecule has 1 unspecified atom stereocenters. The maximum Gasteiger partial charge on any atom is 0.336 e. The number of nitrogens with one attached hydrogen (secondary N) is 1. The third-order valence-corrected chi connectivity index (χ3v) is 6.19. The Morgan fingerprint density at radius 3 is 2.75 bits per heavy atom. The molecule has 0 amide bonds. The van der Waals surface area contributed by atoms with Gasteiger partial charge >= 0.3 is 5.97 Å². The molecule has 6 nitrogen and oxygen atoms in total. The summed E-state index contributed by atoms with van der Waals surface area (Å²) >= 11 is 0. The zero-order valence-corrected chi connectivity index (χ0v) is 18.0. The summed E-state index contributed by atoms with van der Waals surface area (Å²) in [7, 11) is 0. The van der Waals surface area contributed by atoms with Crippen LogP contribution in [-0.4, -0.2) is 25.2 Å². The van der Waals surface area contributed by atoms with Crippen molar-refractivity contribution in [1.29, 1.82) is 0 Å². The lowest BCUT2D eigenvalue weighted by Gasteiger charge is -2.34. The molecule has 2 aromatic carbocycles. The van der Waals surface area contributed by atoms with Crippen molar-refractivity contribution in [2.24, 2.45) is 0 Å². The van der Waals surface area contributed by atoms with Crippen LogP contribution in [0.4, 0.5) is 0 Å². The second-order valence-corrected chi connectivity index (χ2v) is 8.25. The van der Waals surface area contributed by atoms with Crippen molar-refractivity contribution in [3.05, 3.63) is 82.2 Å². The van der Waals surface area contributed by atoms with Gasteiger partial charge in [-0.2, -0.15) is 0 Å². The van der Waals surface area contributed by atoms with Crippen molar-refractivity contribution in [2.75, 3.05) is 13.4 Å². The maximum atomic E-state index is 13.3. The van der Waals surface area contributed by atoms with Gasteiger partial charge < -0.3 is 19.5 Å². The quantitative estimate of drug-likeness (QED) is 0.717. The van der Waals surface area contributed by atoms with Gasteiger partial charge in [-0.25, -0.2) is 4.79 Å². The van der Waals surface area contributed by atoms with Crippen molar-refractivity contribution < 1.29 is 23.8 Å². The van der Waals surface area contributed by atoms with Gasteiger partial charge in [0, 0.05) is 35.7 Å². The van der Waals surface area contributed by atoms with Gasteiger partial charge in [-0.3, -0.25) is 4.79 Å². The molecule has 3 aliphatic rings. The average molecular weight is 431 g/mol. The van der Waals surface area contributed by atoms with Gasteiger partial charge in [0.05, 0.1) is 12.2 Å². The van der Waals surface area contributed by atoms with Gasteiger partial charge in [0.25, 0.3) is 0 Å². The Morgan fingerprint density at radius 2 is 1.91 bits per heavy atom. The molecule has 164 valence electrons. The SMILES string of the molecule is CC1=C(C(=O)OCCc2ccccc2)C(c2ccc3c(c2)OCO3)C2=C(CCCC2=O)N1. The Hall–Kier alpha value is -3.54. The molecular weight excluding hydrogens is 406 g/mol. The first-order valence-electron chi connectivity index (χ1n) is 11.0. The van der Waals surface area contributed by atoms with E-state index in [1.807, 2.05) is 55.5 Å². The summed E-state index contributed by atoms with van der Waals surface area (Å²) in [6.45, 7) is 2.31. The van der Waals surface area contributed by atoms with Crippen LogP contribution in [-0.2, 0) is 20.7 Å². The first-order chi connectivity index (χ1) is 15.6. The maximum absolute atomic E-state index is 13.3. The molecule has 6 heteroatoms. The fourth-order valence-corrected chi connectivity index (χ4v) is 4.66. The first-order valence-corrected chi connectivity index (χ1v) is 11.0. The van der Waals surface area contributed by atoms with Gasteiger partial charge in [-0.1, -0.05) is 36.4 Å². The molecule has 2 heterocycles. The fourth-order valence-electron chi connectivity index (χ4n) is 4.66. The van der Waals surface area contributed by atoms with E-state index in [0.29, 0.717) is 35.5 Å². The van der Waals surface area contributed by atoms with E-state index in [-0.39, 0.29) is 19.2 Å². The lowest BCUT2D eigenvalue weighted by Crippen LogP contribution is -2.34. The van der Waals surface area contributed by atoms with E-state index in [4.69, 9.17) is 14.2 Å². The Balaban J connectivity index is 1.46. The molecule has 0 saturated carbocycles. The molecule has 32 heavy (non-hydrogen) atoms. The minimum absolute atomic E-state index is 0.0727. The number of Topliss-reactive ketones (excluding diaryl/α,β-unsaturated/α-hetero) is 1. The molecule has 1 aliphatic carbocycles. The topological polar surface area (TPSA) is 73.9 Å². The molecule has 0 spiro atoms. The van der Waals surface area contributed by atoms with E-state index in [1.165, 1.54) is 0 Å². The summed E-state index contributed by atoms with van der Waals surface area (Å²) in [6, 6.07) is 15.5. The number of benzene rings is 2. The molecule has 0 bridgehead atoms. The zero-order valence-electron chi connectivity index (χ0n) is 18.0. The Labute approximate surface area is 186 Å². The molecule has 2 aliphatic heterocycles. The standard InChI is InChI=1S/C26H25NO5/c1-16-23(26(29)30-13-12-17-6-3-2-4-7-17)24(25-19(27-16)8-5-9-20(25)28)18-10-11-21-22(14-18)32-15-31-21/h2-4,6-7,10-11,14,24,27H,5,8-9,12-13,15H2,1H3. The number of esters is 1. The van der Waals surface area contributed by atoms with E-state index in [2.05, 4.69) is 5.32 Å². The van der Waals surface area contributed by atoms with Crippen molar-refractivity contribution in [3.63, 3.8) is 0 Å². The lowest BCUT2D eigenvalue weighted by molar-refractivity contribution is -0.139. The molecule has 5 rings (SSSR count). The van der Waals surface area contributed by atoms with Crippen LogP contribution >= 0.6 is 0 Å². The molecular formula is C26H25NO5. The number of hydrogen-bond acceptors (Lipinski definition) is 6. The summed E-state index contributed by atoms with van der Waals surface area (Å²) in [5.74, 6) is 0.472. The highest BCUT2D eigenvalue weighted by Crippen LogP contribution is 2.45. The summed E-state index contributed by atoms with van der Waals surface area (Å²) < 4.78 is 16.7. The summed E-state index contributed by atoms with van der Waals surface area (Å²) in [5, 5.41) is 3.32. The van der Waals surface area contributed by atoms with Crippen molar-refractivity contribution >= 4 is 11.8 Å². The molecule has 0 fully saturated rings. The molecule has 0 saturated heterocycles. The normalized spacial score (nSPS) is 19.5. The number of carbonyl (C=O) groups excluding carboxylic acids is 2. The minimum atomic E-state index is -0.488. The van der Waals surface area contributed by atoms with Gasteiger partial charge in [0.15, 0.2) is 17.3 Å². The average Bonchev–Trinajstić information content (AvgIpc) is 3.27. The van der Waals surface area contributed by atoms with Gasteiger partial charge in [0.2, 0.25) is 6.79 Å². The van der Waals surface area contributed by atoms with Crippen molar-refractivity contribution in [2.45, 2.75) is 38.5 Å². The van der Waals surface area contributed by atoms with Crippen molar-refractivity contribution in [1.82, 2.24) is 5.32 Å². The van der Waals surface area contributed by atoms with Crippen LogP contribution in [0.1, 0.15) is 43.2 Å². The van der Waals surface area contributed by atoms with Crippen LogP contribution in [0.2, 0.25) is 0 Å². The minimum Gasteiger partial charge on any atom is -0.462 e. The number of ketones is 1. The molecule has 0 aromatic heterocycles. The number of carbonyl (C=O) groups is 2. The number of allylic oxidation sites excluding steroid dienone is 3. The number of hydrogen-bond donors (Lipinski definition) is 1. The number of ether oxygens (including phenoxy) is 3. The van der Waals surface area contributed by atoms with E-state index in [1.54, 1.807) is 0 Å². The van der Waals surface area contributed by atoms with Crippen LogP contribution in [0.25, 0.3) is 0 Å². The van der Waals surface area contributed by atoms with Crippen LogP contribution in [0.3, 0.4) is 0 Å². The predicted octanol–water partition coefficient (Wildman–Crippen LogP) is 4.17. The molecule has 1 atom stereocenters.